The van der Waals surface area contributed by atoms with E-state index in [4.69, 9.17) is 28.9 Å². The molecule has 2 atom stereocenters. The first kappa shape index (κ1) is 14.6. The third kappa shape index (κ3) is 4.03. The van der Waals surface area contributed by atoms with Crippen LogP contribution in [0.3, 0.4) is 0 Å². The van der Waals surface area contributed by atoms with E-state index in [0.29, 0.717) is 0 Å². The Bertz CT molecular complexity index is 398. The van der Waals surface area contributed by atoms with Crippen LogP contribution in [0.4, 0.5) is 13.2 Å². The summed E-state index contributed by atoms with van der Waals surface area (Å²) in [5.74, 6) is 0. The van der Waals surface area contributed by atoms with Gasteiger partial charge in [-0.15, -0.1) is 0 Å². The zero-order valence-electron chi connectivity index (χ0n) is 8.51. The fourth-order valence-corrected chi connectivity index (χ4v) is 1.54. The molecular formula is C10H10Cl2F3NO. The smallest absolute Gasteiger partial charge is 0.388 e. The lowest BCUT2D eigenvalue weighted by molar-refractivity contribution is -0.153. The molecule has 1 aromatic rings. The van der Waals surface area contributed by atoms with Crippen molar-refractivity contribution < 1.29 is 18.3 Å². The van der Waals surface area contributed by atoms with Gasteiger partial charge in [0.15, 0.2) is 0 Å². The van der Waals surface area contributed by atoms with E-state index in [2.05, 4.69) is 0 Å². The zero-order chi connectivity index (χ0) is 13.2. The normalized spacial score (nSPS) is 15.7. The Balaban J connectivity index is 2.76. The molecule has 17 heavy (non-hydrogen) atoms. The molecule has 2 nitrogen and oxygen atoms in total. The van der Waals surface area contributed by atoms with Crippen LogP contribution in [0.25, 0.3) is 0 Å². The summed E-state index contributed by atoms with van der Waals surface area (Å²) < 4.78 is 36.6. The predicted octanol–water partition coefficient (Wildman–Crippen LogP) is 3.31. The fourth-order valence-electron chi connectivity index (χ4n) is 1.23. The number of rotatable bonds is 3. The SMILES string of the molecule is N[C@H](C[C@@H](O)c1ccc(Cl)c(Cl)c1)C(F)(F)F. The highest BCUT2D eigenvalue weighted by molar-refractivity contribution is 6.42. The molecule has 0 fully saturated rings. The van der Waals surface area contributed by atoms with Crippen LogP contribution in [0.1, 0.15) is 18.1 Å². The van der Waals surface area contributed by atoms with Crippen LogP contribution in [0.15, 0.2) is 18.2 Å². The topological polar surface area (TPSA) is 46.2 Å². The maximum absolute atomic E-state index is 12.2. The molecule has 0 radical (unpaired) electrons. The zero-order valence-corrected chi connectivity index (χ0v) is 10.0. The predicted molar refractivity (Wildman–Crippen MR) is 60.1 cm³/mol. The van der Waals surface area contributed by atoms with Gasteiger partial charge in [-0.2, -0.15) is 13.2 Å². The second kappa shape index (κ2) is 5.44. The molecule has 0 spiro atoms. The highest BCUT2D eigenvalue weighted by Gasteiger charge is 2.37. The van der Waals surface area contributed by atoms with E-state index < -0.39 is 24.7 Å². The van der Waals surface area contributed by atoms with Gasteiger partial charge in [-0.05, 0) is 17.7 Å². The molecule has 0 bridgehead atoms. The van der Waals surface area contributed by atoms with Gasteiger partial charge in [0.2, 0.25) is 0 Å². The Morgan fingerprint density at radius 1 is 1.24 bits per heavy atom. The van der Waals surface area contributed by atoms with E-state index in [1.54, 1.807) is 0 Å². The number of nitrogens with two attached hydrogens (primary N) is 1. The van der Waals surface area contributed by atoms with Crippen molar-refractivity contribution in [2.75, 3.05) is 0 Å². The molecular weight excluding hydrogens is 278 g/mol. The number of hydrogen-bond acceptors (Lipinski definition) is 2. The Morgan fingerprint density at radius 3 is 2.29 bits per heavy atom. The van der Waals surface area contributed by atoms with Gasteiger partial charge in [-0.1, -0.05) is 29.3 Å². The first-order valence-electron chi connectivity index (χ1n) is 4.67. The lowest BCUT2D eigenvalue weighted by atomic mass is 10.0. The quantitative estimate of drug-likeness (QED) is 0.896. The van der Waals surface area contributed by atoms with Crippen LogP contribution in [-0.2, 0) is 0 Å². The molecule has 0 aliphatic rings. The molecule has 0 saturated carbocycles. The van der Waals surface area contributed by atoms with Crippen LogP contribution in [0.2, 0.25) is 10.0 Å². The summed E-state index contributed by atoms with van der Waals surface area (Å²) in [6, 6.07) is 2.05. The molecule has 0 aliphatic carbocycles. The molecule has 0 saturated heterocycles. The van der Waals surface area contributed by atoms with Crippen LogP contribution in [0, 0.1) is 0 Å². The van der Waals surface area contributed by atoms with Gasteiger partial charge < -0.3 is 10.8 Å². The molecule has 7 heteroatoms. The molecule has 0 heterocycles. The van der Waals surface area contributed by atoms with Crippen molar-refractivity contribution in [3.63, 3.8) is 0 Å². The van der Waals surface area contributed by atoms with Gasteiger partial charge in [0.1, 0.15) is 6.04 Å². The fraction of sp³-hybridized carbons (Fsp3) is 0.400. The average Bonchev–Trinajstić information content (AvgIpc) is 2.20. The van der Waals surface area contributed by atoms with Gasteiger partial charge in [-0.3, -0.25) is 0 Å². The Morgan fingerprint density at radius 2 is 1.82 bits per heavy atom. The third-order valence-electron chi connectivity index (χ3n) is 2.23. The lowest BCUT2D eigenvalue weighted by Crippen LogP contribution is -2.38. The maximum Gasteiger partial charge on any atom is 0.403 e. The minimum absolute atomic E-state index is 0.170. The summed E-state index contributed by atoms with van der Waals surface area (Å²) in [6.45, 7) is 0. The van der Waals surface area contributed by atoms with Crippen LogP contribution >= 0.6 is 23.2 Å². The van der Waals surface area contributed by atoms with Gasteiger partial charge in [0, 0.05) is 6.42 Å². The second-order valence-corrected chi connectivity index (χ2v) is 4.39. The summed E-state index contributed by atoms with van der Waals surface area (Å²) in [5.41, 5.74) is 5.16. The summed E-state index contributed by atoms with van der Waals surface area (Å²) in [6.07, 6.45) is -6.49. The van der Waals surface area contributed by atoms with Crippen LogP contribution in [0.5, 0.6) is 0 Å². The first-order valence-corrected chi connectivity index (χ1v) is 5.42. The van der Waals surface area contributed by atoms with Crippen molar-refractivity contribution in [1.29, 1.82) is 0 Å². The number of hydrogen-bond donors (Lipinski definition) is 2. The van der Waals surface area contributed by atoms with E-state index >= 15 is 0 Å². The summed E-state index contributed by atoms with van der Waals surface area (Å²) in [7, 11) is 0. The van der Waals surface area contributed by atoms with Gasteiger partial charge in [0.05, 0.1) is 16.1 Å². The third-order valence-corrected chi connectivity index (χ3v) is 2.97. The van der Waals surface area contributed by atoms with Crippen LogP contribution < -0.4 is 5.73 Å². The largest absolute Gasteiger partial charge is 0.403 e. The van der Waals surface area contributed by atoms with E-state index in [0.717, 1.165) is 0 Å². The summed E-state index contributed by atoms with van der Waals surface area (Å²) in [4.78, 5) is 0. The monoisotopic (exact) mass is 287 g/mol. The number of aliphatic hydroxyl groups excluding tert-OH is 1. The number of benzene rings is 1. The average molecular weight is 288 g/mol. The minimum atomic E-state index is -4.53. The van der Waals surface area contributed by atoms with Gasteiger partial charge >= 0.3 is 6.18 Å². The summed E-state index contributed by atoms with van der Waals surface area (Å²) >= 11 is 11.3. The van der Waals surface area contributed by atoms with Crippen molar-refractivity contribution in [3.8, 4) is 0 Å². The van der Waals surface area contributed by atoms with Crippen molar-refractivity contribution in [1.82, 2.24) is 0 Å². The van der Waals surface area contributed by atoms with Crippen molar-refractivity contribution in [3.05, 3.63) is 33.8 Å². The highest BCUT2D eigenvalue weighted by Crippen LogP contribution is 2.30. The maximum atomic E-state index is 12.2. The molecule has 96 valence electrons. The Kier molecular flexibility index (Phi) is 4.66. The molecule has 0 amide bonds. The number of alkyl halides is 3. The molecule has 1 rings (SSSR count). The number of halogens is 5. The van der Waals surface area contributed by atoms with Gasteiger partial charge in [-0.25, -0.2) is 0 Å². The molecule has 3 N–H and O–H groups in total. The lowest BCUT2D eigenvalue weighted by Gasteiger charge is -2.19. The van der Waals surface area contributed by atoms with E-state index in [9.17, 15) is 18.3 Å². The van der Waals surface area contributed by atoms with E-state index in [-0.39, 0.29) is 15.6 Å². The van der Waals surface area contributed by atoms with Crippen molar-refractivity contribution >= 4 is 23.2 Å². The number of aliphatic hydroxyl groups is 1. The molecule has 1 aromatic carbocycles. The van der Waals surface area contributed by atoms with E-state index in [1.165, 1.54) is 18.2 Å². The Hall–Kier alpha value is -0.490. The van der Waals surface area contributed by atoms with Gasteiger partial charge in [0.25, 0.3) is 0 Å². The molecule has 0 aromatic heterocycles. The molecule has 0 aliphatic heterocycles. The Labute approximate surface area is 106 Å². The first-order chi connectivity index (χ1) is 7.71. The second-order valence-electron chi connectivity index (χ2n) is 3.57. The minimum Gasteiger partial charge on any atom is -0.388 e. The van der Waals surface area contributed by atoms with E-state index in [1.807, 2.05) is 0 Å². The van der Waals surface area contributed by atoms with Crippen molar-refractivity contribution in [2.45, 2.75) is 24.7 Å². The van der Waals surface area contributed by atoms with Crippen LogP contribution in [-0.4, -0.2) is 17.3 Å². The standard InChI is InChI=1S/C10H10Cl2F3NO/c11-6-2-1-5(3-7(6)12)8(17)4-9(16)10(13,14)15/h1-3,8-9,17H,4,16H2/t8-,9-/m1/s1. The molecule has 0 unspecified atom stereocenters. The summed E-state index contributed by atoms with van der Waals surface area (Å²) in [5, 5.41) is 10.0. The van der Waals surface area contributed by atoms with Crippen molar-refractivity contribution in [2.24, 2.45) is 5.73 Å². The highest BCUT2D eigenvalue weighted by atomic mass is 35.5.